The first-order valence-electron chi connectivity index (χ1n) is 6.23. The molecule has 2 aromatic carbocycles. The van der Waals surface area contributed by atoms with Crippen molar-refractivity contribution in [1.29, 1.82) is 0 Å². The van der Waals surface area contributed by atoms with E-state index in [0.717, 1.165) is 10.9 Å². The summed E-state index contributed by atoms with van der Waals surface area (Å²) in [6.45, 7) is 0.396. The van der Waals surface area contributed by atoms with Crippen LogP contribution in [0.2, 0.25) is 0 Å². The molecule has 1 aromatic heterocycles. The monoisotopic (exact) mass is 286 g/mol. The molecule has 0 saturated heterocycles. The average molecular weight is 286 g/mol. The SMILES string of the molecule is NCc1ccc(S(=O)(=O)n2ccc3ccccc32)cc1. The Morgan fingerprint density at radius 2 is 1.65 bits per heavy atom. The van der Waals surface area contributed by atoms with Crippen LogP contribution in [0.1, 0.15) is 5.56 Å². The van der Waals surface area contributed by atoms with Crippen LogP contribution in [0.4, 0.5) is 0 Å². The summed E-state index contributed by atoms with van der Waals surface area (Å²) in [7, 11) is -3.57. The lowest BCUT2D eigenvalue weighted by Crippen LogP contribution is -2.11. The van der Waals surface area contributed by atoms with Gasteiger partial charge in [0.1, 0.15) is 0 Å². The molecule has 0 unspecified atom stereocenters. The van der Waals surface area contributed by atoms with E-state index in [1.807, 2.05) is 18.2 Å². The van der Waals surface area contributed by atoms with Crippen LogP contribution in [-0.2, 0) is 16.6 Å². The Morgan fingerprint density at radius 1 is 0.950 bits per heavy atom. The molecule has 0 aliphatic rings. The van der Waals surface area contributed by atoms with Crippen LogP contribution < -0.4 is 5.73 Å². The van der Waals surface area contributed by atoms with Gasteiger partial charge in [-0.25, -0.2) is 12.4 Å². The van der Waals surface area contributed by atoms with E-state index in [0.29, 0.717) is 12.1 Å². The van der Waals surface area contributed by atoms with Gasteiger partial charge >= 0.3 is 0 Å². The summed E-state index contributed by atoms with van der Waals surface area (Å²) < 4.78 is 26.6. The highest BCUT2D eigenvalue weighted by Crippen LogP contribution is 2.22. The predicted molar refractivity (Wildman–Crippen MR) is 78.9 cm³/mol. The minimum atomic E-state index is -3.57. The van der Waals surface area contributed by atoms with Gasteiger partial charge in [0.15, 0.2) is 0 Å². The van der Waals surface area contributed by atoms with Crippen molar-refractivity contribution in [1.82, 2.24) is 3.97 Å². The van der Waals surface area contributed by atoms with E-state index < -0.39 is 10.0 Å². The van der Waals surface area contributed by atoms with E-state index in [1.165, 1.54) is 3.97 Å². The average Bonchev–Trinajstić information content (AvgIpc) is 2.92. The number of fused-ring (bicyclic) bond motifs is 1. The second kappa shape index (κ2) is 4.77. The molecule has 0 amide bonds. The fourth-order valence-corrected chi connectivity index (χ4v) is 3.53. The summed E-state index contributed by atoms with van der Waals surface area (Å²) in [4.78, 5) is 0.260. The molecule has 1 heterocycles. The first kappa shape index (κ1) is 12.9. The standard InChI is InChI=1S/C15H14N2O2S/c16-11-12-5-7-14(8-6-12)20(18,19)17-10-9-13-3-1-2-4-15(13)17/h1-10H,11,16H2. The molecule has 5 heteroatoms. The molecule has 3 aromatic rings. The maximum atomic E-state index is 12.6. The third-order valence-electron chi connectivity index (χ3n) is 3.28. The zero-order valence-corrected chi connectivity index (χ0v) is 11.5. The summed E-state index contributed by atoms with van der Waals surface area (Å²) >= 11 is 0. The van der Waals surface area contributed by atoms with Crippen LogP contribution in [0.15, 0.2) is 65.7 Å². The second-order valence-corrected chi connectivity index (χ2v) is 6.34. The number of benzene rings is 2. The number of aromatic nitrogens is 1. The van der Waals surface area contributed by atoms with Gasteiger partial charge in [-0.15, -0.1) is 0 Å². The maximum absolute atomic E-state index is 12.6. The van der Waals surface area contributed by atoms with Crippen molar-refractivity contribution in [2.45, 2.75) is 11.4 Å². The number of hydrogen-bond acceptors (Lipinski definition) is 3. The van der Waals surface area contributed by atoms with Gasteiger partial charge in [-0.3, -0.25) is 0 Å². The van der Waals surface area contributed by atoms with E-state index in [2.05, 4.69) is 0 Å². The largest absolute Gasteiger partial charge is 0.326 e. The fraction of sp³-hybridized carbons (Fsp3) is 0.0667. The van der Waals surface area contributed by atoms with Gasteiger partial charge in [-0.2, -0.15) is 0 Å². The van der Waals surface area contributed by atoms with Gasteiger partial charge in [-0.05, 0) is 29.8 Å². The highest BCUT2D eigenvalue weighted by Gasteiger charge is 2.18. The topological polar surface area (TPSA) is 65.1 Å². The molecule has 0 fully saturated rings. The third-order valence-corrected chi connectivity index (χ3v) is 4.98. The highest BCUT2D eigenvalue weighted by molar-refractivity contribution is 7.90. The van der Waals surface area contributed by atoms with Crippen molar-refractivity contribution in [3.05, 3.63) is 66.4 Å². The normalized spacial score (nSPS) is 11.8. The van der Waals surface area contributed by atoms with Crippen molar-refractivity contribution < 1.29 is 8.42 Å². The molecule has 0 spiro atoms. The Kier molecular flexibility index (Phi) is 3.08. The van der Waals surface area contributed by atoms with Crippen molar-refractivity contribution in [2.75, 3.05) is 0 Å². The van der Waals surface area contributed by atoms with Gasteiger partial charge in [0.05, 0.1) is 10.4 Å². The van der Waals surface area contributed by atoms with E-state index in [-0.39, 0.29) is 4.90 Å². The van der Waals surface area contributed by atoms with Crippen molar-refractivity contribution in [3.8, 4) is 0 Å². The Labute approximate surface area is 117 Å². The molecule has 0 saturated carbocycles. The zero-order chi connectivity index (χ0) is 14.2. The third kappa shape index (κ3) is 2.01. The van der Waals surface area contributed by atoms with Gasteiger partial charge < -0.3 is 5.73 Å². The summed E-state index contributed by atoms with van der Waals surface area (Å²) in [6.07, 6.45) is 1.58. The van der Waals surface area contributed by atoms with E-state index >= 15 is 0 Å². The minimum Gasteiger partial charge on any atom is -0.326 e. The van der Waals surface area contributed by atoms with Gasteiger partial charge in [-0.1, -0.05) is 30.3 Å². The number of para-hydroxylation sites is 1. The Balaban J connectivity index is 2.15. The Bertz CT molecular complexity index is 849. The lowest BCUT2D eigenvalue weighted by atomic mass is 10.2. The highest BCUT2D eigenvalue weighted by atomic mass is 32.2. The van der Waals surface area contributed by atoms with Crippen molar-refractivity contribution in [3.63, 3.8) is 0 Å². The maximum Gasteiger partial charge on any atom is 0.268 e. The van der Waals surface area contributed by atoms with Crippen molar-refractivity contribution in [2.24, 2.45) is 5.73 Å². The van der Waals surface area contributed by atoms with Crippen molar-refractivity contribution >= 4 is 20.9 Å². The van der Waals surface area contributed by atoms with Crippen LogP contribution in [0.3, 0.4) is 0 Å². The molecule has 0 aliphatic carbocycles. The number of rotatable bonds is 3. The summed E-state index contributed by atoms with van der Waals surface area (Å²) in [6, 6.07) is 15.8. The molecular weight excluding hydrogens is 272 g/mol. The Morgan fingerprint density at radius 3 is 2.35 bits per heavy atom. The van der Waals surface area contributed by atoms with E-state index in [4.69, 9.17) is 5.73 Å². The number of hydrogen-bond donors (Lipinski definition) is 1. The molecular formula is C15H14N2O2S. The van der Waals surface area contributed by atoms with Gasteiger partial charge in [0.25, 0.3) is 10.0 Å². The van der Waals surface area contributed by atoms with Gasteiger partial charge in [0, 0.05) is 18.1 Å². The molecule has 0 radical (unpaired) electrons. The van der Waals surface area contributed by atoms with Crippen LogP contribution in [0, 0.1) is 0 Å². The lowest BCUT2D eigenvalue weighted by Gasteiger charge is -2.08. The van der Waals surface area contributed by atoms with E-state index in [1.54, 1.807) is 42.6 Å². The van der Waals surface area contributed by atoms with Crippen LogP contribution in [0.25, 0.3) is 10.9 Å². The quantitative estimate of drug-likeness (QED) is 0.803. The molecule has 0 bridgehead atoms. The summed E-state index contributed by atoms with van der Waals surface area (Å²) in [5.74, 6) is 0. The molecule has 20 heavy (non-hydrogen) atoms. The number of nitrogens with zero attached hydrogens (tertiary/aromatic N) is 1. The number of nitrogens with two attached hydrogens (primary N) is 1. The summed E-state index contributed by atoms with van der Waals surface area (Å²) in [5.41, 5.74) is 7.10. The zero-order valence-electron chi connectivity index (χ0n) is 10.7. The molecule has 2 N–H and O–H groups in total. The fourth-order valence-electron chi connectivity index (χ4n) is 2.18. The molecule has 0 atom stereocenters. The van der Waals surface area contributed by atoms with Crippen LogP contribution >= 0.6 is 0 Å². The van der Waals surface area contributed by atoms with Crippen LogP contribution in [0.5, 0.6) is 0 Å². The lowest BCUT2D eigenvalue weighted by molar-refractivity contribution is 0.589. The first-order valence-corrected chi connectivity index (χ1v) is 7.67. The summed E-state index contributed by atoms with van der Waals surface area (Å²) in [5, 5.41) is 0.898. The predicted octanol–water partition coefficient (Wildman–Crippen LogP) is 2.34. The van der Waals surface area contributed by atoms with E-state index in [9.17, 15) is 8.42 Å². The second-order valence-electron chi connectivity index (χ2n) is 4.52. The molecule has 102 valence electrons. The minimum absolute atomic E-state index is 0.260. The van der Waals surface area contributed by atoms with Gasteiger partial charge in [0.2, 0.25) is 0 Å². The molecule has 4 nitrogen and oxygen atoms in total. The molecule has 0 aliphatic heterocycles. The Hall–Kier alpha value is -2.11. The smallest absolute Gasteiger partial charge is 0.268 e. The first-order chi connectivity index (χ1) is 9.63. The molecule has 3 rings (SSSR count). The van der Waals surface area contributed by atoms with Crippen LogP contribution in [-0.4, -0.2) is 12.4 Å².